The van der Waals surface area contributed by atoms with Crippen molar-refractivity contribution in [2.45, 2.75) is 52.8 Å². The number of carbonyl (C=O) groups is 1. The van der Waals surface area contributed by atoms with E-state index in [4.69, 9.17) is 21.1 Å². The van der Waals surface area contributed by atoms with Crippen LogP contribution in [0.4, 0.5) is 16.3 Å². The topological polar surface area (TPSA) is 114 Å². The zero-order chi connectivity index (χ0) is 32.1. The van der Waals surface area contributed by atoms with Gasteiger partial charge in [-0.1, -0.05) is 11.6 Å². The molecule has 1 spiro atoms. The Hall–Kier alpha value is -4.55. The molecular formula is C33H37ClN9O3+. The molecule has 0 unspecified atom stereocenters. The number of aromatic nitrogens is 6. The molecule has 5 aromatic rings. The highest BCUT2D eigenvalue weighted by atomic mass is 35.5. The van der Waals surface area contributed by atoms with Gasteiger partial charge in [-0.2, -0.15) is 0 Å². The van der Waals surface area contributed by atoms with Crippen LogP contribution < -0.4 is 14.7 Å². The summed E-state index contributed by atoms with van der Waals surface area (Å²) < 4.78 is 16.0. The molecular weight excluding hydrogens is 606 g/mol. The Kier molecular flexibility index (Phi) is 7.64. The van der Waals surface area contributed by atoms with E-state index in [0.29, 0.717) is 34.4 Å². The minimum absolute atomic E-state index is 0.132. The fourth-order valence-electron chi connectivity index (χ4n) is 6.39. The third kappa shape index (κ3) is 6.27. The van der Waals surface area contributed by atoms with Gasteiger partial charge in [0.15, 0.2) is 12.5 Å². The van der Waals surface area contributed by atoms with Gasteiger partial charge in [0.2, 0.25) is 0 Å². The maximum atomic E-state index is 12.7. The molecule has 1 N–H and O–H groups in total. The first kappa shape index (κ1) is 30.1. The van der Waals surface area contributed by atoms with Crippen molar-refractivity contribution in [3.8, 4) is 11.5 Å². The summed E-state index contributed by atoms with van der Waals surface area (Å²) in [6.45, 7) is 11.8. The van der Waals surface area contributed by atoms with Crippen LogP contribution in [0.3, 0.4) is 0 Å². The lowest BCUT2D eigenvalue weighted by Gasteiger charge is -2.53. The van der Waals surface area contributed by atoms with Gasteiger partial charge in [0, 0.05) is 43.3 Å². The summed E-state index contributed by atoms with van der Waals surface area (Å²) in [6.07, 6.45) is 7.24. The number of amides is 1. The Labute approximate surface area is 271 Å². The maximum absolute atomic E-state index is 12.7. The fourth-order valence-corrected chi connectivity index (χ4v) is 6.54. The normalized spacial score (nSPS) is 16.5. The van der Waals surface area contributed by atoms with E-state index in [1.165, 1.54) is 6.33 Å². The Bertz CT molecular complexity index is 1930. The Morgan fingerprint density at radius 3 is 2.74 bits per heavy atom. The van der Waals surface area contributed by atoms with Crippen LogP contribution in [0.15, 0.2) is 61.3 Å². The number of ether oxygens (including phenoxy) is 2. The molecule has 0 radical (unpaired) electrons. The van der Waals surface area contributed by atoms with Crippen LogP contribution >= 0.6 is 11.6 Å². The van der Waals surface area contributed by atoms with Crippen LogP contribution in [-0.2, 0) is 11.4 Å². The van der Waals surface area contributed by atoms with Gasteiger partial charge >= 0.3 is 12.4 Å². The molecule has 2 aliphatic heterocycles. The average molecular weight is 643 g/mol. The lowest BCUT2D eigenvalue weighted by atomic mass is 9.73. The van der Waals surface area contributed by atoms with Crippen molar-refractivity contribution in [1.29, 1.82) is 0 Å². The van der Waals surface area contributed by atoms with E-state index in [1.807, 2.05) is 86.0 Å². The highest BCUT2D eigenvalue weighted by Crippen LogP contribution is 2.39. The summed E-state index contributed by atoms with van der Waals surface area (Å²) in [7, 11) is 0. The van der Waals surface area contributed by atoms with E-state index in [9.17, 15) is 4.79 Å². The van der Waals surface area contributed by atoms with Crippen LogP contribution in [0.25, 0.3) is 16.7 Å². The number of benzene rings is 1. The van der Waals surface area contributed by atoms with Crippen LogP contribution in [-0.4, -0.2) is 72.1 Å². The molecule has 13 heteroatoms. The van der Waals surface area contributed by atoms with Crippen LogP contribution in [0.1, 0.15) is 39.2 Å². The number of hydrogen-bond acceptors (Lipinski definition) is 9. The molecule has 7 rings (SSSR count). The molecule has 4 aromatic heterocycles. The summed E-state index contributed by atoms with van der Waals surface area (Å²) in [5.74, 6) is 2.01. The van der Waals surface area contributed by atoms with Crippen LogP contribution in [0, 0.1) is 12.3 Å². The van der Waals surface area contributed by atoms with Gasteiger partial charge in [-0.3, -0.25) is 4.90 Å². The van der Waals surface area contributed by atoms with Gasteiger partial charge in [0.1, 0.15) is 34.1 Å². The number of carbonyl (C=O) groups excluding carboxylic acids is 1. The number of likely N-dealkylation sites (tertiary alicyclic amines) is 2. The van der Waals surface area contributed by atoms with Gasteiger partial charge < -0.3 is 19.7 Å². The van der Waals surface area contributed by atoms with Crippen LogP contribution in [0.5, 0.6) is 11.5 Å². The number of pyridine rings is 2. The number of fused-ring (bicyclic) bond motifs is 2. The van der Waals surface area contributed by atoms with Crippen molar-refractivity contribution < 1.29 is 19.0 Å². The first-order valence-electron chi connectivity index (χ1n) is 15.4. The Morgan fingerprint density at radius 2 is 1.93 bits per heavy atom. The fraction of sp³-hybridized carbons (Fsp3) is 0.394. The minimum Gasteiger partial charge on any atom is -0.457 e. The van der Waals surface area contributed by atoms with Gasteiger partial charge in [-0.25, -0.2) is 19.7 Å². The molecule has 12 nitrogen and oxygen atoms in total. The monoisotopic (exact) mass is 642 g/mol. The Balaban J connectivity index is 0.980. The van der Waals surface area contributed by atoms with Crippen molar-refractivity contribution in [3.63, 3.8) is 0 Å². The zero-order valence-corrected chi connectivity index (χ0v) is 27.2. The second-order valence-corrected chi connectivity index (χ2v) is 13.7. The average Bonchev–Trinajstić information content (AvgIpc) is 3.39. The minimum atomic E-state index is -0.484. The Morgan fingerprint density at radius 1 is 1.09 bits per heavy atom. The summed E-state index contributed by atoms with van der Waals surface area (Å²) >= 11 is 6.11. The van der Waals surface area contributed by atoms with E-state index in [-0.39, 0.29) is 11.5 Å². The first-order chi connectivity index (χ1) is 22.0. The number of rotatable bonds is 6. The molecule has 0 aliphatic carbocycles. The number of anilines is 2. The van der Waals surface area contributed by atoms with E-state index in [0.717, 1.165) is 61.7 Å². The third-order valence-corrected chi connectivity index (χ3v) is 8.59. The maximum Gasteiger partial charge on any atom is 0.410 e. The molecule has 238 valence electrons. The summed E-state index contributed by atoms with van der Waals surface area (Å²) in [4.78, 5) is 34.6. The van der Waals surface area contributed by atoms with Gasteiger partial charge in [0.25, 0.3) is 5.65 Å². The highest BCUT2D eigenvalue weighted by molar-refractivity contribution is 6.29. The number of aryl methyl sites for hydroxylation is 1. The SMILES string of the molecule is Cc1cc(Nc2ncnc3ccc(Cl)nc23)ccc1Oc1ccn2c(c1)nc[n+]2CN1CC2(CCCN(C(=O)OC(C)(C)C)C2)C1. The predicted molar refractivity (Wildman–Crippen MR) is 173 cm³/mol. The lowest BCUT2D eigenvalue weighted by Crippen LogP contribution is -2.66. The molecule has 2 saturated heterocycles. The van der Waals surface area contributed by atoms with Crippen molar-refractivity contribution in [2.75, 3.05) is 31.5 Å². The molecule has 1 amide bonds. The van der Waals surface area contributed by atoms with Crippen LogP contribution in [0.2, 0.25) is 5.15 Å². The van der Waals surface area contributed by atoms with E-state index < -0.39 is 5.60 Å². The van der Waals surface area contributed by atoms with Gasteiger partial charge in [-0.05, 0) is 81.4 Å². The van der Waals surface area contributed by atoms with Crippen molar-refractivity contribution >= 4 is 45.9 Å². The largest absolute Gasteiger partial charge is 0.457 e. The number of nitrogens with zero attached hydrogens (tertiary/aromatic N) is 8. The summed E-state index contributed by atoms with van der Waals surface area (Å²) in [5.41, 5.74) is 3.54. The second-order valence-electron chi connectivity index (χ2n) is 13.3. The number of hydrogen-bond donors (Lipinski definition) is 1. The van der Waals surface area contributed by atoms with Gasteiger partial charge in [0.05, 0.1) is 17.8 Å². The number of halogens is 1. The smallest absolute Gasteiger partial charge is 0.410 e. The third-order valence-electron chi connectivity index (χ3n) is 8.38. The van der Waals surface area contributed by atoms with Crippen molar-refractivity contribution in [2.24, 2.45) is 5.41 Å². The first-order valence-corrected chi connectivity index (χ1v) is 15.8. The molecule has 46 heavy (non-hydrogen) atoms. The predicted octanol–water partition coefficient (Wildman–Crippen LogP) is 5.75. The highest BCUT2D eigenvalue weighted by Gasteiger charge is 2.47. The van der Waals surface area contributed by atoms with Gasteiger partial charge in [-0.15, -0.1) is 9.20 Å². The van der Waals surface area contributed by atoms with Crippen molar-refractivity contribution in [3.05, 3.63) is 72.0 Å². The molecule has 0 bridgehead atoms. The molecule has 2 aliphatic rings. The summed E-state index contributed by atoms with van der Waals surface area (Å²) in [6, 6.07) is 13.2. The molecule has 0 saturated carbocycles. The number of nitrogens with one attached hydrogen (secondary N) is 1. The molecule has 2 fully saturated rings. The quantitative estimate of drug-likeness (QED) is 0.183. The van der Waals surface area contributed by atoms with Crippen molar-refractivity contribution in [1.82, 2.24) is 34.3 Å². The second kappa shape index (κ2) is 11.7. The summed E-state index contributed by atoms with van der Waals surface area (Å²) in [5, 5.41) is 3.70. The van der Waals surface area contributed by atoms with E-state index in [2.05, 4.69) is 34.8 Å². The molecule has 6 heterocycles. The van der Waals surface area contributed by atoms with E-state index >= 15 is 0 Å². The molecule has 1 aromatic carbocycles. The number of piperidine rings is 1. The molecule has 0 atom stereocenters. The zero-order valence-electron chi connectivity index (χ0n) is 26.4. The standard InChI is InChI=1S/C33H37ClN9O3/c1-22-14-23(38-30-29-25(35-19-36-30)7-9-27(34)39-29)6-8-26(22)45-24-10-13-43-28(15-24)37-20-42(43)21-40-16-33(17-40)11-5-12-41(18-33)31(44)46-32(2,3)4/h6-10,13-15,19-20H,5,11-12,16-18,21H2,1-4H3,(H,35,36,38)/q+1. The van der Waals surface area contributed by atoms with E-state index in [1.54, 1.807) is 6.07 Å². The lowest BCUT2D eigenvalue weighted by molar-refractivity contribution is -0.780.